The van der Waals surface area contributed by atoms with Crippen molar-refractivity contribution in [1.29, 1.82) is 0 Å². The number of rotatable bonds is 10. The Morgan fingerprint density at radius 1 is 1.03 bits per heavy atom. The van der Waals surface area contributed by atoms with Gasteiger partial charge in [-0.1, -0.05) is 6.92 Å². The molecule has 0 saturated heterocycles. The number of methoxy groups -OCH3 is 1. The highest BCUT2D eigenvalue weighted by molar-refractivity contribution is 7.89. The number of nitrogens with zero attached hydrogens (tertiary/aromatic N) is 1. The van der Waals surface area contributed by atoms with Crippen molar-refractivity contribution in [2.45, 2.75) is 37.6 Å². The van der Waals surface area contributed by atoms with Crippen LogP contribution < -0.4 is 20.7 Å². The molecule has 33 heavy (non-hydrogen) atoms. The van der Waals surface area contributed by atoms with Crippen LogP contribution in [0.2, 0.25) is 0 Å². The molecule has 0 aliphatic rings. The van der Waals surface area contributed by atoms with Crippen molar-refractivity contribution < 1.29 is 22.7 Å². The molecule has 0 aliphatic heterocycles. The highest BCUT2D eigenvalue weighted by Gasteiger charge is 2.23. The van der Waals surface area contributed by atoms with Gasteiger partial charge in [-0.25, -0.2) is 12.7 Å². The highest BCUT2D eigenvalue weighted by Crippen LogP contribution is 2.28. The van der Waals surface area contributed by atoms with Crippen molar-refractivity contribution in [1.82, 2.24) is 9.62 Å². The van der Waals surface area contributed by atoms with Gasteiger partial charge in [-0.3, -0.25) is 9.59 Å². The van der Waals surface area contributed by atoms with Crippen LogP contribution in [0, 0.1) is 0 Å². The average Bonchev–Trinajstić information content (AvgIpc) is 2.77. The lowest BCUT2D eigenvalue weighted by Gasteiger charge is -2.24. The maximum absolute atomic E-state index is 12.5. The molecule has 2 aromatic rings. The Balaban J connectivity index is 2.01. The summed E-state index contributed by atoms with van der Waals surface area (Å²) in [7, 11) is 0.472. The fraction of sp³-hybridized carbons (Fsp3) is 0.391. The zero-order chi connectivity index (χ0) is 24.8. The van der Waals surface area contributed by atoms with Crippen LogP contribution in [-0.2, 0) is 14.8 Å². The molecule has 0 aliphatic carbocycles. The summed E-state index contributed by atoms with van der Waals surface area (Å²) in [6.07, 6.45) is 0.810. The number of amides is 2. The highest BCUT2D eigenvalue weighted by atomic mass is 32.2. The number of anilines is 2. The number of benzene rings is 2. The first-order chi connectivity index (χ1) is 15.4. The van der Waals surface area contributed by atoms with Gasteiger partial charge in [0.25, 0.3) is 5.91 Å². The number of carbonyl (C=O) groups is 2. The molecular weight excluding hydrogens is 444 g/mol. The molecule has 0 bridgehead atoms. The lowest BCUT2D eigenvalue weighted by molar-refractivity contribution is -0.114. The van der Waals surface area contributed by atoms with Crippen molar-refractivity contribution in [2.24, 2.45) is 0 Å². The van der Waals surface area contributed by atoms with Gasteiger partial charge in [-0.2, -0.15) is 0 Å². The first kappa shape index (κ1) is 26.1. The molecule has 10 heteroatoms. The number of hydrogen-bond donors (Lipinski definition) is 3. The summed E-state index contributed by atoms with van der Waals surface area (Å²) in [6.45, 7) is 5.88. The zero-order valence-corrected chi connectivity index (χ0v) is 20.7. The predicted octanol–water partition coefficient (Wildman–Crippen LogP) is 2.91. The molecule has 0 atom stereocenters. The fourth-order valence-corrected chi connectivity index (χ4v) is 3.82. The minimum atomic E-state index is -3.75. The van der Waals surface area contributed by atoms with Gasteiger partial charge in [0.05, 0.1) is 13.7 Å². The maximum atomic E-state index is 12.5. The van der Waals surface area contributed by atoms with Gasteiger partial charge in [-0.05, 0) is 62.7 Å². The Morgan fingerprint density at radius 3 is 2.18 bits per heavy atom. The van der Waals surface area contributed by atoms with Crippen molar-refractivity contribution in [3.8, 4) is 5.75 Å². The minimum absolute atomic E-state index is 0.0409. The van der Waals surface area contributed by atoms with E-state index in [0.29, 0.717) is 16.9 Å². The molecule has 0 fully saturated rings. The summed E-state index contributed by atoms with van der Waals surface area (Å²) in [4.78, 5) is 24.7. The van der Waals surface area contributed by atoms with Gasteiger partial charge in [0, 0.05) is 36.6 Å². The Labute approximate surface area is 195 Å². The van der Waals surface area contributed by atoms with Crippen LogP contribution in [0.3, 0.4) is 0 Å². The third-order valence-electron chi connectivity index (χ3n) is 5.14. The van der Waals surface area contributed by atoms with E-state index < -0.39 is 10.0 Å². The van der Waals surface area contributed by atoms with Crippen molar-refractivity contribution >= 4 is 33.2 Å². The van der Waals surface area contributed by atoms with Crippen molar-refractivity contribution in [3.05, 3.63) is 48.0 Å². The Bertz CT molecular complexity index is 1100. The van der Waals surface area contributed by atoms with Gasteiger partial charge in [-0.15, -0.1) is 0 Å². The molecule has 0 saturated carbocycles. The monoisotopic (exact) mass is 476 g/mol. The molecule has 0 radical (unpaired) electrons. The van der Waals surface area contributed by atoms with Gasteiger partial charge >= 0.3 is 0 Å². The normalized spacial score (nSPS) is 11.7. The van der Waals surface area contributed by atoms with E-state index in [4.69, 9.17) is 4.74 Å². The third kappa shape index (κ3) is 6.93. The fourth-order valence-electron chi connectivity index (χ4n) is 2.75. The molecule has 2 aromatic carbocycles. The first-order valence-corrected chi connectivity index (χ1v) is 11.9. The van der Waals surface area contributed by atoms with E-state index in [2.05, 4.69) is 16.0 Å². The molecule has 0 aromatic heterocycles. The molecule has 0 unspecified atom stereocenters. The number of ether oxygens (including phenoxy) is 1. The van der Waals surface area contributed by atoms with Gasteiger partial charge < -0.3 is 20.7 Å². The van der Waals surface area contributed by atoms with E-state index in [-0.39, 0.29) is 34.5 Å². The third-order valence-corrected chi connectivity index (χ3v) is 6.98. The molecule has 3 N–H and O–H groups in total. The predicted molar refractivity (Wildman–Crippen MR) is 129 cm³/mol. The molecule has 2 rings (SSSR count). The van der Waals surface area contributed by atoms with Gasteiger partial charge in [0.1, 0.15) is 10.6 Å². The molecule has 0 spiro atoms. The van der Waals surface area contributed by atoms with Crippen molar-refractivity contribution in [3.63, 3.8) is 0 Å². The first-order valence-electron chi connectivity index (χ1n) is 10.5. The SMILES string of the molecule is CCC(C)(C)NC(=O)c1ccc(NCC(=O)Nc2ccc(OC)c(S(=O)(=O)N(C)C)c2)cc1. The number of carbonyl (C=O) groups excluding carboxylic acids is 2. The minimum Gasteiger partial charge on any atom is -0.495 e. The lowest BCUT2D eigenvalue weighted by Crippen LogP contribution is -2.42. The van der Waals surface area contributed by atoms with E-state index in [1.165, 1.54) is 33.3 Å². The second kappa shape index (κ2) is 10.7. The van der Waals surface area contributed by atoms with Crippen LogP contribution in [0.25, 0.3) is 0 Å². The summed E-state index contributed by atoms with van der Waals surface area (Å²) in [6, 6.07) is 11.2. The summed E-state index contributed by atoms with van der Waals surface area (Å²) < 4.78 is 31.3. The zero-order valence-electron chi connectivity index (χ0n) is 19.9. The van der Waals surface area contributed by atoms with Crippen LogP contribution in [0.4, 0.5) is 11.4 Å². The Morgan fingerprint density at radius 2 is 1.64 bits per heavy atom. The van der Waals surface area contributed by atoms with E-state index in [1.807, 2.05) is 20.8 Å². The second-order valence-electron chi connectivity index (χ2n) is 8.32. The molecule has 2 amide bonds. The summed E-state index contributed by atoms with van der Waals surface area (Å²) in [5, 5.41) is 8.62. The van der Waals surface area contributed by atoms with Gasteiger partial charge in [0.15, 0.2) is 0 Å². The molecule has 0 heterocycles. The van der Waals surface area contributed by atoms with E-state index in [9.17, 15) is 18.0 Å². The largest absolute Gasteiger partial charge is 0.495 e. The summed E-state index contributed by atoms with van der Waals surface area (Å²) in [5.74, 6) is -0.333. The summed E-state index contributed by atoms with van der Waals surface area (Å²) in [5.41, 5.74) is 1.23. The number of sulfonamides is 1. The topological polar surface area (TPSA) is 117 Å². The van der Waals surface area contributed by atoms with Gasteiger partial charge in [0.2, 0.25) is 15.9 Å². The lowest BCUT2D eigenvalue weighted by atomic mass is 10.0. The molecule has 180 valence electrons. The summed E-state index contributed by atoms with van der Waals surface area (Å²) >= 11 is 0. The van der Waals surface area contributed by atoms with Crippen molar-refractivity contribution in [2.75, 3.05) is 38.4 Å². The smallest absolute Gasteiger partial charge is 0.251 e. The van der Waals surface area contributed by atoms with E-state index >= 15 is 0 Å². The van der Waals surface area contributed by atoms with E-state index in [0.717, 1.165) is 10.7 Å². The van der Waals surface area contributed by atoms with E-state index in [1.54, 1.807) is 30.3 Å². The van der Waals surface area contributed by atoms with Crippen LogP contribution in [0.15, 0.2) is 47.4 Å². The quantitative estimate of drug-likeness (QED) is 0.485. The van der Waals surface area contributed by atoms with Crippen LogP contribution in [0.1, 0.15) is 37.6 Å². The second-order valence-corrected chi connectivity index (χ2v) is 10.4. The van der Waals surface area contributed by atoms with Crippen LogP contribution >= 0.6 is 0 Å². The number of nitrogens with one attached hydrogen (secondary N) is 3. The standard InChI is InChI=1S/C23H32N4O5S/c1-7-23(2,3)26-22(29)16-8-10-17(11-9-16)24-15-21(28)25-18-12-13-19(32-6)20(14-18)33(30,31)27(4)5/h8-14,24H,7,15H2,1-6H3,(H,25,28)(H,26,29). The van der Waals surface area contributed by atoms with Crippen LogP contribution in [0.5, 0.6) is 5.75 Å². The Kier molecular flexibility index (Phi) is 8.45. The molecular formula is C23H32N4O5S. The maximum Gasteiger partial charge on any atom is 0.251 e. The van der Waals surface area contributed by atoms with Crippen LogP contribution in [-0.4, -0.2) is 57.8 Å². The number of hydrogen-bond acceptors (Lipinski definition) is 6. The molecule has 9 nitrogen and oxygen atoms in total. The Hall–Kier alpha value is -3.11. The average molecular weight is 477 g/mol.